The molecule has 2 amide bonds. The van der Waals surface area contributed by atoms with E-state index in [0.29, 0.717) is 33.6 Å². The van der Waals surface area contributed by atoms with Gasteiger partial charge in [0.2, 0.25) is 11.8 Å². The molecule has 11 heteroatoms. The van der Waals surface area contributed by atoms with E-state index in [1.54, 1.807) is 55.5 Å². The summed E-state index contributed by atoms with van der Waals surface area (Å²) >= 11 is 12.8. The first-order chi connectivity index (χ1) is 18.9. The monoisotopic (exact) mass is 605 g/mol. The Morgan fingerprint density at radius 3 is 2.05 bits per heavy atom. The summed E-state index contributed by atoms with van der Waals surface area (Å²) in [6.07, 6.45) is 0. The standard InChI is InChI=1S/C29H33Cl2N3O5S/c1-20(2)17-32-29(36)21(3)33(18-25-26(30)11-8-12-27(25)31)28(35)19-34(22-9-6-5-7-10-22)40(37,38)24-15-13-23(39-4)14-16-24/h5-16,20-21H,17-19H2,1-4H3,(H,32,36)/t21-/m0/s1. The molecule has 0 aliphatic rings. The molecule has 40 heavy (non-hydrogen) atoms. The topological polar surface area (TPSA) is 96.0 Å². The number of hydrogen-bond acceptors (Lipinski definition) is 5. The van der Waals surface area contributed by atoms with Crippen LogP contribution in [0.25, 0.3) is 0 Å². The van der Waals surface area contributed by atoms with Gasteiger partial charge >= 0.3 is 0 Å². The molecule has 3 aromatic rings. The number of hydrogen-bond donors (Lipinski definition) is 1. The van der Waals surface area contributed by atoms with Gasteiger partial charge in [0.15, 0.2) is 0 Å². The van der Waals surface area contributed by atoms with Gasteiger partial charge in [0.05, 0.1) is 17.7 Å². The molecule has 8 nitrogen and oxygen atoms in total. The number of nitrogens with zero attached hydrogens (tertiary/aromatic N) is 2. The molecule has 0 aromatic heterocycles. The lowest BCUT2D eigenvalue weighted by atomic mass is 10.1. The molecule has 0 saturated carbocycles. The maximum Gasteiger partial charge on any atom is 0.264 e. The molecule has 0 aliphatic heterocycles. The summed E-state index contributed by atoms with van der Waals surface area (Å²) in [4.78, 5) is 28.3. The normalized spacial score (nSPS) is 12.1. The number of halogens is 2. The third kappa shape index (κ3) is 7.68. The molecule has 1 atom stereocenters. The lowest BCUT2D eigenvalue weighted by Gasteiger charge is -2.32. The number of nitrogens with one attached hydrogen (secondary N) is 1. The van der Waals surface area contributed by atoms with Gasteiger partial charge in [0.1, 0.15) is 18.3 Å². The first kappa shape index (κ1) is 31.3. The van der Waals surface area contributed by atoms with Crippen molar-refractivity contribution >= 4 is 50.7 Å². The average Bonchev–Trinajstić information content (AvgIpc) is 2.94. The van der Waals surface area contributed by atoms with E-state index in [1.165, 1.54) is 36.3 Å². The van der Waals surface area contributed by atoms with Crippen LogP contribution in [0.1, 0.15) is 26.3 Å². The molecule has 0 aliphatic carbocycles. The van der Waals surface area contributed by atoms with Crippen LogP contribution in [-0.4, -0.2) is 51.4 Å². The molecule has 0 heterocycles. The SMILES string of the molecule is COc1ccc(S(=O)(=O)N(CC(=O)N(Cc2c(Cl)cccc2Cl)[C@@H](C)C(=O)NCC(C)C)c2ccccc2)cc1. The first-order valence-electron chi connectivity index (χ1n) is 12.7. The molecule has 3 aromatic carbocycles. The minimum atomic E-state index is -4.19. The number of anilines is 1. The number of carbonyl (C=O) groups excluding carboxylic acids is 2. The summed E-state index contributed by atoms with van der Waals surface area (Å²) in [6.45, 7) is 5.25. The summed E-state index contributed by atoms with van der Waals surface area (Å²) in [5, 5.41) is 3.49. The fourth-order valence-electron chi connectivity index (χ4n) is 3.89. The smallest absolute Gasteiger partial charge is 0.264 e. The van der Waals surface area contributed by atoms with Crippen molar-refractivity contribution in [1.82, 2.24) is 10.2 Å². The van der Waals surface area contributed by atoms with E-state index in [9.17, 15) is 18.0 Å². The van der Waals surface area contributed by atoms with Gasteiger partial charge in [-0.05, 0) is 61.4 Å². The van der Waals surface area contributed by atoms with Crippen LogP contribution in [0.2, 0.25) is 10.0 Å². The Morgan fingerprint density at radius 1 is 0.900 bits per heavy atom. The van der Waals surface area contributed by atoms with Crippen molar-refractivity contribution in [2.24, 2.45) is 5.92 Å². The Balaban J connectivity index is 2.02. The highest BCUT2D eigenvalue weighted by atomic mass is 35.5. The minimum Gasteiger partial charge on any atom is -0.497 e. The van der Waals surface area contributed by atoms with Crippen molar-refractivity contribution in [3.63, 3.8) is 0 Å². The van der Waals surface area contributed by atoms with Gasteiger partial charge in [0, 0.05) is 28.7 Å². The fourth-order valence-corrected chi connectivity index (χ4v) is 5.82. The molecule has 0 fully saturated rings. The third-order valence-corrected chi connectivity index (χ3v) is 8.71. The Bertz CT molecular complexity index is 1400. The molecule has 1 N–H and O–H groups in total. The minimum absolute atomic E-state index is 0.0200. The predicted octanol–water partition coefficient (Wildman–Crippen LogP) is 5.39. The predicted molar refractivity (Wildman–Crippen MR) is 158 cm³/mol. The van der Waals surface area contributed by atoms with Gasteiger partial charge in [-0.15, -0.1) is 0 Å². The van der Waals surface area contributed by atoms with Crippen molar-refractivity contribution in [2.75, 3.05) is 24.5 Å². The van der Waals surface area contributed by atoms with Crippen LogP contribution in [0.3, 0.4) is 0 Å². The van der Waals surface area contributed by atoms with E-state index in [0.717, 1.165) is 4.31 Å². The number of amides is 2. The van der Waals surface area contributed by atoms with E-state index < -0.39 is 28.5 Å². The lowest BCUT2D eigenvalue weighted by molar-refractivity contribution is -0.139. The molecule has 0 saturated heterocycles. The Hall–Kier alpha value is -3.27. The highest BCUT2D eigenvalue weighted by Gasteiger charge is 2.33. The van der Waals surface area contributed by atoms with Crippen molar-refractivity contribution in [2.45, 2.75) is 38.3 Å². The van der Waals surface area contributed by atoms with Gasteiger partial charge < -0.3 is 15.0 Å². The summed E-state index contributed by atoms with van der Waals surface area (Å²) in [5.74, 6) is -0.300. The van der Waals surface area contributed by atoms with Crippen LogP contribution in [0.4, 0.5) is 5.69 Å². The molecular formula is C29H33Cl2N3O5S. The quantitative estimate of drug-likeness (QED) is 0.299. The maximum absolute atomic E-state index is 14.0. The van der Waals surface area contributed by atoms with E-state index >= 15 is 0 Å². The second kappa shape index (κ2) is 13.9. The number of ether oxygens (including phenoxy) is 1. The average molecular weight is 607 g/mol. The van der Waals surface area contributed by atoms with Crippen molar-refractivity contribution in [3.8, 4) is 5.75 Å². The van der Waals surface area contributed by atoms with E-state index in [-0.39, 0.29) is 23.3 Å². The molecule has 0 unspecified atom stereocenters. The fraction of sp³-hybridized carbons (Fsp3) is 0.310. The zero-order valence-corrected chi connectivity index (χ0v) is 25.1. The zero-order valence-electron chi connectivity index (χ0n) is 22.8. The van der Waals surface area contributed by atoms with Crippen LogP contribution in [-0.2, 0) is 26.2 Å². The van der Waals surface area contributed by atoms with Gasteiger partial charge in [-0.2, -0.15) is 0 Å². The highest BCUT2D eigenvalue weighted by molar-refractivity contribution is 7.92. The van der Waals surface area contributed by atoms with Crippen LogP contribution in [0.5, 0.6) is 5.75 Å². The Morgan fingerprint density at radius 2 is 1.50 bits per heavy atom. The van der Waals surface area contributed by atoms with Gasteiger partial charge in [0.25, 0.3) is 10.0 Å². The highest BCUT2D eigenvalue weighted by Crippen LogP contribution is 2.28. The summed E-state index contributed by atoms with van der Waals surface area (Å²) in [5.41, 5.74) is 0.742. The Labute approximate surface area is 245 Å². The molecule has 0 bridgehead atoms. The van der Waals surface area contributed by atoms with Crippen LogP contribution in [0, 0.1) is 5.92 Å². The maximum atomic E-state index is 14.0. The third-order valence-electron chi connectivity index (χ3n) is 6.21. The summed E-state index contributed by atoms with van der Waals surface area (Å²) < 4.78 is 33.8. The number of rotatable bonds is 12. The molecule has 3 rings (SSSR count). The lowest BCUT2D eigenvalue weighted by Crippen LogP contribution is -2.51. The van der Waals surface area contributed by atoms with Crippen molar-refractivity contribution in [3.05, 3.63) is 88.4 Å². The molecular weight excluding hydrogens is 573 g/mol. The second-order valence-corrected chi connectivity index (χ2v) is 12.2. The van der Waals surface area contributed by atoms with Crippen molar-refractivity contribution in [1.29, 1.82) is 0 Å². The van der Waals surface area contributed by atoms with Crippen LogP contribution >= 0.6 is 23.2 Å². The number of carbonyl (C=O) groups is 2. The number of methoxy groups -OCH3 is 1. The number of para-hydroxylation sites is 1. The summed E-state index contributed by atoms with van der Waals surface area (Å²) in [7, 11) is -2.70. The van der Waals surface area contributed by atoms with E-state index in [1.807, 2.05) is 13.8 Å². The second-order valence-electron chi connectivity index (χ2n) is 9.56. The summed E-state index contributed by atoms with van der Waals surface area (Å²) in [6, 6.07) is 18.2. The number of benzene rings is 3. The number of sulfonamides is 1. The van der Waals surface area contributed by atoms with Gasteiger partial charge in [-0.1, -0.05) is 61.3 Å². The zero-order chi connectivity index (χ0) is 29.4. The van der Waals surface area contributed by atoms with Crippen LogP contribution < -0.4 is 14.4 Å². The Kier molecular flexibility index (Phi) is 10.8. The molecule has 0 radical (unpaired) electrons. The molecule has 0 spiro atoms. The van der Waals surface area contributed by atoms with Crippen molar-refractivity contribution < 1.29 is 22.7 Å². The molecule has 214 valence electrons. The van der Waals surface area contributed by atoms with E-state index in [2.05, 4.69) is 5.32 Å². The first-order valence-corrected chi connectivity index (χ1v) is 14.9. The van der Waals surface area contributed by atoms with Crippen LogP contribution in [0.15, 0.2) is 77.7 Å². The largest absolute Gasteiger partial charge is 0.497 e. The van der Waals surface area contributed by atoms with E-state index in [4.69, 9.17) is 27.9 Å². The van der Waals surface area contributed by atoms with Gasteiger partial charge in [-0.3, -0.25) is 13.9 Å². The van der Waals surface area contributed by atoms with Gasteiger partial charge in [-0.25, -0.2) is 8.42 Å².